The number of rotatable bonds is 3. The highest BCUT2D eigenvalue weighted by molar-refractivity contribution is 5.94. The first-order valence-electron chi connectivity index (χ1n) is 3.18. The lowest BCUT2D eigenvalue weighted by Crippen LogP contribution is -2.04. The van der Waals surface area contributed by atoms with Crippen molar-refractivity contribution in [3.63, 3.8) is 0 Å². The lowest BCUT2D eigenvalue weighted by Gasteiger charge is -1.97. The van der Waals surface area contributed by atoms with E-state index in [1.165, 1.54) is 14.0 Å². The molecule has 0 rings (SSSR count). The van der Waals surface area contributed by atoms with E-state index in [9.17, 15) is 9.59 Å². The lowest BCUT2D eigenvalue weighted by atomic mass is 10.2. The van der Waals surface area contributed by atoms with Crippen LogP contribution in [0.2, 0.25) is 0 Å². The fourth-order valence-corrected chi connectivity index (χ4v) is 0.513. The smallest absolute Gasteiger partial charge is 0.337 e. The monoisotopic (exact) mass is 170 g/mol. The molecular formula is C8H10O4. The van der Waals surface area contributed by atoms with Crippen LogP contribution in [0.5, 0.6) is 0 Å². The average Bonchev–Trinajstić information content (AvgIpc) is 2.02. The molecule has 0 saturated heterocycles. The molecule has 0 saturated carbocycles. The number of aliphatic carboxylic acids is 1. The first-order valence-corrected chi connectivity index (χ1v) is 3.18. The molecule has 12 heavy (non-hydrogen) atoms. The van der Waals surface area contributed by atoms with Crippen LogP contribution in [0.1, 0.15) is 6.92 Å². The molecule has 0 aromatic rings. The predicted molar refractivity (Wildman–Crippen MR) is 42.5 cm³/mol. The van der Waals surface area contributed by atoms with Crippen molar-refractivity contribution in [2.24, 2.45) is 0 Å². The van der Waals surface area contributed by atoms with Crippen LogP contribution in [0.3, 0.4) is 0 Å². The van der Waals surface area contributed by atoms with E-state index in [1.54, 1.807) is 0 Å². The zero-order valence-electron chi connectivity index (χ0n) is 6.96. The zero-order valence-corrected chi connectivity index (χ0v) is 6.96. The van der Waals surface area contributed by atoms with E-state index in [2.05, 4.69) is 11.3 Å². The number of carbonyl (C=O) groups is 2. The molecule has 0 aliphatic heterocycles. The van der Waals surface area contributed by atoms with Crippen molar-refractivity contribution in [1.29, 1.82) is 0 Å². The molecule has 4 heteroatoms. The fraction of sp³-hybridized carbons (Fsp3) is 0.250. The molecule has 0 atom stereocenters. The van der Waals surface area contributed by atoms with E-state index in [0.29, 0.717) is 0 Å². The molecule has 0 aliphatic carbocycles. The van der Waals surface area contributed by atoms with Gasteiger partial charge in [0.05, 0.1) is 12.7 Å². The second-order valence-electron chi connectivity index (χ2n) is 2.15. The summed E-state index contributed by atoms with van der Waals surface area (Å²) in [4.78, 5) is 21.0. The minimum atomic E-state index is -1.08. The van der Waals surface area contributed by atoms with Gasteiger partial charge in [-0.3, -0.25) is 0 Å². The third kappa shape index (κ3) is 3.01. The Labute approximate surface area is 70.1 Å². The van der Waals surface area contributed by atoms with Gasteiger partial charge in [0.25, 0.3) is 0 Å². The molecule has 1 N–H and O–H groups in total. The van der Waals surface area contributed by atoms with Gasteiger partial charge in [0.2, 0.25) is 0 Å². The highest BCUT2D eigenvalue weighted by atomic mass is 16.5. The predicted octanol–water partition coefficient (Wildman–Crippen LogP) is 0.746. The van der Waals surface area contributed by atoms with Gasteiger partial charge in [-0.05, 0) is 13.0 Å². The first kappa shape index (κ1) is 10.4. The minimum Gasteiger partial charge on any atom is -0.478 e. The number of esters is 1. The minimum absolute atomic E-state index is 0.0254. The summed E-state index contributed by atoms with van der Waals surface area (Å²) in [6.45, 7) is 4.71. The van der Waals surface area contributed by atoms with Crippen molar-refractivity contribution < 1.29 is 19.4 Å². The molecular weight excluding hydrogens is 160 g/mol. The van der Waals surface area contributed by atoms with Crippen molar-refractivity contribution in [2.75, 3.05) is 7.11 Å². The van der Waals surface area contributed by atoms with Gasteiger partial charge in [0, 0.05) is 5.57 Å². The number of hydrogen-bond acceptors (Lipinski definition) is 3. The quantitative estimate of drug-likeness (QED) is 0.385. The summed E-state index contributed by atoms with van der Waals surface area (Å²) in [5, 5.41) is 8.42. The molecule has 0 amide bonds. The number of carbonyl (C=O) groups excluding carboxylic acids is 1. The largest absolute Gasteiger partial charge is 0.478 e. The number of carboxylic acid groups (broad SMARTS) is 1. The maximum atomic E-state index is 10.7. The number of methoxy groups -OCH3 is 1. The Morgan fingerprint density at radius 3 is 2.33 bits per heavy atom. The van der Waals surface area contributed by atoms with Gasteiger partial charge >= 0.3 is 11.9 Å². The summed E-state index contributed by atoms with van der Waals surface area (Å²) in [6, 6.07) is 0. The standard InChI is InChI=1S/C8H10O4/c1-5(7(9)10)4-6(2)8(11)12-3/h4H,2H2,1,3H3,(H,9,10). The maximum Gasteiger partial charge on any atom is 0.337 e. The van der Waals surface area contributed by atoms with Crippen molar-refractivity contribution >= 4 is 11.9 Å². The van der Waals surface area contributed by atoms with Crippen LogP contribution < -0.4 is 0 Å². The second-order valence-corrected chi connectivity index (χ2v) is 2.15. The Kier molecular flexibility index (Phi) is 3.76. The molecule has 0 bridgehead atoms. The molecule has 0 radical (unpaired) electrons. The Morgan fingerprint density at radius 1 is 1.50 bits per heavy atom. The Morgan fingerprint density at radius 2 is 2.00 bits per heavy atom. The van der Waals surface area contributed by atoms with Gasteiger partial charge in [-0.1, -0.05) is 6.58 Å². The summed E-state index contributed by atoms with van der Waals surface area (Å²) in [6.07, 6.45) is 1.16. The van der Waals surface area contributed by atoms with Crippen LogP contribution in [0, 0.1) is 0 Å². The normalized spacial score (nSPS) is 10.7. The maximum absolute atomic E-state index is 10.7. The fourth-order valence-electron chi connectivity index (χ4n) is 0.513. The molecule has 0 heterocycles. The topological polar surface area (TPSA) is 63.6 Å². The van der Waals surface area contributed by atoms with Crippen LogP contribution in [0.4, 0.5) is 0 Å². The van der Waals surface area contributed by atoms with Crippen LogP contribution in [0.25, 0.3) is 0 Å². The summed E-state index contributed by atoms with van der Waals surface area (Å²) in [7, 11) is 1.21. The lowest BCUT2D eigenvalue weighted by molar-refractivity contribution is -0.135. The molecule has 0 aromatic carbocycles. The third-order valence-corrected chi connectivity index (χ3v) is 1.18. The number of carboxylic acids is 1. The van der Waals surface area contributed by atoms with Gasteiger partial charge in [-0.25, -0.2) is 9.59 Å². The van der Waals surface area contributed by atoms with E-state index in [4.69, 9.17) is 5.11 Å². The molecule has 0 fully saturated rings. The van der Waals surface area contributed by atoms with Crippen molar-refractivity contribution in [2.45, 2.75) is 6.92 Å². The Hall–Kier alpha value is -1.58. The number of hydrogen-bond donors (Lipinski definition) is 1. The molecule has 0 aromatic heterocycles. The summed E-state index contributed by atoms with van der Waals surface area (Å²) in [5.41, 5.74) is 0.0720. The summed E-state index contributed by atoms with van der Waals surface area (Å²) in [5.74, 6) is -1.71. The average molecular weight is 170 g/mol. The van der Waals surface area contributed by atoms with E-state index in [1.807, 2.05) is 0 Å². The first-order chi connectivity index (χ1) is 5.49. The highest BCUT2D eigenvalue weighted by Gasteiger charge is 2.06. The molecule has 0 spiro atoms. The van der Waals surface area contributed by atoms with Gasteiger partial charge in [-0.15, -0.1) is 0 Å². The van der Waals surface area contributed by atoms with Gasteiger partial charge in [-0.2, -0.15) is 0 Å². The summed E-state index contributed by atoms with van der Waals surface area (Å²) < 4.78 is 4.32. The van der Waals surface area contributed by atoms with Crippen LogP contribution in [-0.4, -0.2) is 24.2 Å². The highest BCUT2D eigenvalue weighted by Crippen LogP contribution is 2.01. The molecule has 4 nitrogen and oxygen atoms in total. The van der Waals surface area contributed by atoms with Gasteiger partial charge in [0.1, 0.15) is 0 Å². The van der Waals surface area contributed by atoms with E-state index in [-0.39, 0.29) is 11.1 Å². The Bertz CT molecular complexity index is 250. The Balaban J connectivity index is 4.44. The van der Waals surface area contributed by atoms with E-state index >= 15 is 0 Å². The van der Waals surface area contributed by atoms with Crippen LogP contribution in [0.15, 0.2) is 23.8 Å². The second kappa shape index (κ2) is 4.33. The van der Waals surface area contributed by atoms with E-state index < -0.39 is 11.9 Å². The van der Waals surface area contributed by atoms with Crippen LogP contribution in [-0.2, 0) is 14.3 Å². The number of ether oxygens (including phenoxy) is 1. The van der Waals surface area contributed by atoms with Crippen molar-refractivity contribution in [3.05, 3.63) is 23.8 Å². The molecule has 66 valence electrons. The van der Waals surface area contributed by atoms with Crippen molar-refractivity contribution in [1.82, 2.24) is 0 Å². The summed E-state index contributed by atoms with van der Waals surface area (Å²) >= 11 is 0. The molecule has 0 aliphatic rings. The zero-order chi connectivity index (χ0) is 9.72. The third-order valence-electron chi connectivity index (χ3n) is 1.18. The van der Waals surface area contributed by atoms with E-state index in [0.717, 1.165) is 6.08 Å². The van der Waals surface area contributed by atoms with Crippen LogP contribution >= 0.6 is 0 Å². The SMILES string of the molecule is C=C(C=C(C)C(=O)O)C(=O)OC. The van der Waals surface area contributed by atoms with Crippen molar-refractivity contribution in [3.8, 4) is 0 Å². The molecule has 0 unspecified atom stereocenters. The van der Waals surface area contributed by atoms with Gasteiger partial charge in [0.15, 0.2) is 0 Å². The van der Waals surface area contributed by atoms with Gasteiger partial charge < -0.3 is 9.84 Å².